The Morgan fingerprint density at radius 1 is 1.08 bits per heavy atom. The Hall–Kier alpha value is -4.05. The summed E-state index contributed by atoms with van der Waals surface area (Å²) >= 11 is 0. The van der Waals surface area contributed by atoms with Crippen LogP contribution in [-0.2, 0) is 0 Å². The molecule has 0 amide bonds. The summed E-state index contributed by atoms with van der Waals surface area (Å²) in [5, 5.41) is 17.4. The maximum absolute atomic E-state index is 11.9. The standard InChI is InChI=1S/C26H29N7O3/c1-26(2,3)31-13-11-18(12-14-31)32-25-22(24(27)28-16-29-25)23(30-32)17-9-10-21(20(15-17)33(34)35)36-19-7-5-4-6-8-19/h4-10,15-16,18H,11-14H2,1-3H3,(H2,27,28,29). The molecular weight excluding hydrogens is 458 g/mol. The Balaban J connectivity index is 1.54. The number of nitrogens with two attached hydrogens (primary N) is 1. The minimum atomic E-state index is -0.455. The summed E-state index contributed by atoms with van der Waals surface area (Å²) < 4.78 is 7.71. The second-order valence-electron chi connectivity index (χ2n) is 9.99. The molecule has 1 saturated heterocycles. The van der Waals surface area contributed by atoms with Crippen LogP contribution in [0.2, 0.25) is 0 Å². The van der Waals surface area contributed by atoms with E-state index in [1.54, 1.807) is 24.3 Å². The molecule has 2 N–H and O–H groups in total. The lowest BCUT2D eigenvalue weighted by Crippen LogP contribution is -2.46. The Labute approximate surface area is 208 Å². The van der Waals surface area contributed by atoms with Crippen LogP contribution in [0.25, 0.3) is 22.3 Å². The number of nitrogen functional groups attached to an aromatic ring is 1. The zero-order valence-electron chi connectivity index (χ0n) is 20.6. The van der Waals surface area contributed by atoms with E-state index in [1.807, 2.05) is 22.9 Å². The van der Waals surface area contributed by atoms with E-state index in [0.29, 0.717) is 33.9 Å². The number of nitrogens with zero attached hydrogens (tertiary/aromatic N) is 6. The molecule has 0 unspecified atom stereocenters. The van der Waals surface area contributed by atoms with Gasteiger partial charge in [-0.25, -0.2) is 14.6 Å². The van der Waals surface area contributed by atoms with Crippen molar-refractivity contribution in [3.8, 4) is 22.8 Å². The van der Waals surface area contributed by atoms with Crippen molar-refractivity contribution in [3.05, 3.63) is 65.0 Å². The summed E-state index contributed by atoms with van der Waals surface area (Å²) in [5.41, 5.74) is 7.94. The van der Waals surface area contributed by atoms with Crippen molar-refractivity contribution >= 4 is 22.5 Å². The van der Waals surface area contributed by atoms with Crippen molar-refractivity contribution in [1.82, 2.24) is 24.6 Å². The van der Waals surface area contributed by atoms with Gasteiger partial charge < -0.3 is 10.5 Å². The quantitative estimate of drug-likeness (QED) is 0.300. The zero-order valence-corrected chi connectivity index (χ0v) is 20.6. The molecule has 0 radical (unpaired) electrons. The van der Waals surface area contributed by atoms with Gasteiger partial charge in [-0.05, 0) is 57.9 Å². The number of anilines is 1. The number of piperidine rings is 1. The molecule has 2 aromatic heterocycles. The van der Waals surface area contributed by atoms with Crippen molar-refractivity contribution < 1.29 is 9.66 Å². The number of hydrogen-bond acceptors (Lipinski definition) is 8. The average molecular weight is 488 g/mol. The van der Waals surface area contributed by atoms with Gasteiger partial charge >= 0.3 is 5.69 Å². The molecule has 0 atom stereocenters. The number of fused-ring (bicyclic) bond motifs is 1. The van der Waals surface area contributed by atoms with Gasteiger partial charge in [0, 0.05) is 30.3 Å². The molecule has 0 aliphatic carbocycles. The molecule has 36 heavy (non-hydrogen) atoms. The Morgan fingerprint density at radius 3 is 2.47 bits per heavy atom. The van der Waals surface area contributed by atoms with Crippen molar-refractivity contribution in [3.63, 3.8) is 0 Å². The minimum Gasteiger partial charge on any atom is -0.450 e. The van der Waals surface area contributed by atoms with Crippen LogP contribution in [0.3, 0.4) is 0 Å². The number of hydrogen-bond donors (Lipinski definition) is 1. The van der Waals surface area contributed by atoms with Crippen LogP contribution in [-0.4, -0.2) is 48.2 Å². The van der Waals surface area contributed by atoms with Gasteiger partial charge in [0.25, 0.3) is 0 Å². The third-order valence-corrected chi connectivity index (χ3v) is 6.68. The van der Waals surface area contributed by atoms with Gasteiger partial charge in [-0.2, -0.15) is 5.10 Å². The van der Waals surface area contributed by atoms with Crippen LogP contribution in [0.1, 0.15) is 39.7 Å². The number of para-hydroxylation sites is 1. The lowest BCUT2D eigenvalue weighted by molar-refractivity contribution is -0.385. The van der Waals surface area contributed by atoms with E-state index in [0.717, 1.165) is 25.9 Å². The van der Waals surface area contributed by atoms with Crippen molar-refractivity contribution in [1.29, 1.82) is 0 Å². The Morgan fingerprint density at radius 2 is 1.81 bits per heavy atom. The summed E-state index contributed by atoms with van der Waals surface area (Å²) in [6.45, 7) is 8.56. The monoisotopic (exact) mass is 487 g/mol. The first-order valence-electron chi connectivity index (χ1n) is 12.0. The van der Waals surface area contributed by atoms with Crippen LogP contribution in [0.4, 0.5) is 11.5 Å². The number of aromatic nitrogens is 4. The van der Waals surface area contributed by atoms with Gasteiger partial charge in [0.2, 0.25) is 5.75 Å². The number of nitro groups is 1. The van der Waals surface area contributed by atoms with E-state index in [-0.39, 0.29) is 23.0 Å². The number of rotatable bonds is 5. The summed E-state index contributed by atoms with van der Waals surface area (Å²) in [7, 11) is 0. The predicted molar refractivity (Wildman–Crippen MR) is 138 cm³/mol. The highest BCUT2D eigenvalue weighted by atomic mass is 16.6. The minimum absolute atomic E-state index is 0.109. The van der Waals surface area contributed by atoms with Gasteiger partial charge in [0.15, 0.2) is 5.65 Å². The summed E-state index contributed by atoms with van der Waals surface area (Å²) in [4.78, 5) is 22.6. The van der Waals surface area contributed by atoms with Crippen molar-refractivity contribution in [2.75, 3.05) is 18.8 Å². The molecule has 0 bridgehead atoms. The second kappa shape index (κ2) is 9.19. The maximum atomic E-state index is 11.9. The number of likely N-dealkylation sites (tertiary alicyclic amines) is 1. The highest BCUT2D eigenvalue weighted by Crippen LogP contribution is 2.39. The van der Waals surface area contributed by atoms with Gasteiger partial charge in [0.1, 0.15) is 23.6 Å². The molecular formula is C26H29N7O3. The predicted octanol–water partition coefficient (Wildman–Crippen LogP) is 5.21. The van der Waals surface area contributed by atoms with Crippen LogP contribution in [0.15, 0.2) is 54.9 Å². The van der Waals surface area contributed by atoms with Crippen LogP contribution >= 0.6 is 0 Å². The Bertz CT molecular complexity index is 1400. The van der Waals surface area contributed by atoms with Crippen molar-refractivity contribution in [2.45, 2.75) is 45.2 Å². The SMILES string of the molecule is CC(C)(C)N1CCC(n2nc(-c3ccc(Oc4ccccc4)c([N+](=O)[O-])c3)c3c(N)ncnc32)CC1. The molecule has 1 aliphatic rings. The van der Waals surface area contributed by atoms with Gasteiger partial charge in [0.05, 0.1) is 16.4 Å². The zero-order chi connectivity index (χ0) is 25.4. The smallest absolute Gasteiger partial charge is 0.312 e. The first-order valence-corrected chi connectivity index (χ1v) is 12.0. The van der Waals surface area contributed by atoms with Crippen LogP contribution in [0, 0.1) is 10.1 Å². The third-order valence-electron chi connectivity index (χ3n) is 6.68. The fraction of sp³-hybridized carbons (Fsp3) is 0.346. The van der Waals surface area contributed by atoms with E-state index in [9.17, 15) is 10.1 Å². The summed E-state index contributed by atoms with van der Waals surface area (Å²) in [6.07, 6.45) is 3.27. The molecule has 0 saturated carbocycles. The lowest BCUT2D eigenvalue weighted by atomic mass is 9.98. The molecule has 10 heteroatoms. The molecule has 10 nitrogen and oxygen atoms in total. The van der Waals surface area contributed by atoms with E-state index in [4.69, 9.17) is 15.6 Å². The van der Waals surface area contributed by atoms with Crippen LogP contribution in [0.5, 0.6) is 11.5 Å². The molecule has 2 aromatic carbocycles. The fourth-order valence-corrected chi connectivity index (χ4v) is 4.74. The molecule has 5 rings (SSSR count). The third kappa shape index (κ3) is 4.47. The Kier molecular flexibility index (Phi) is 6.05. The normalized spacial score (nSPS) is 15.3. The molecule has 0 spiro atoms. The molecule has 1 aliphatic heterocycles. The largest absolute Gasteiger partial charge is 0.450 e. The summed E-state index contributed by atoms with van der Waals surface area (Å²) in [6, 6.07) is 13.9. The van der Waals surface area contributed by atoms with E-state index < -0.39 is 4.92 Å². The first-order chi connectivity index (χ1) is 17.2. The lowest BCUT2D eigenvalue weighted by Gasteiger charge is -2.40. The van der Waals surface area contributed by atoms with Crippen LogP contribution < -0.4 is 10.5 Å². The molecule has 4 aromatic rings. The summed E-state index contributed by atoms with van der Waals surface area (Å²) in [5.74, 6) is 0.959. The average Bonchev–Trinajstić information content (AvgIpc) is 3.25. The van der Waals surface area contributed by atoms with Gasteiger partial charge in [-0.3, -0.25) is 15.0 Å². The van der Waals surface area contributed by atoms with Gasteiger partial charge in [-0.1, -0.05) is 18.2 Å². The second-order valence-corrected chi connectivity index (χ2v) is 9.99. The number of nitro benzene ring substituents is 1. The highest BCUT2D eigenvalue weighted by Gasteiger charge is 2.30. The first kappa shape index (κ1) is 23.7. The molecule has 186 valence electrons. The number of ether oxygens (including phenoxy) is 1. The number of benzene rings is 2. The maximum Gasteiger partial charge on any atom is 0.312 e. The molecule has 1 fully saturated rings. The van der Waals surface area contributed by atoms with Crippen molar-refractivity contribution in [2.24, 2.45) is 0 Å². The highest BCUT2D eigenvalue weighted by molar-refractivity contribution is 5.98. The van der Waals surface area contributed by atoms with E-state index >= 15 is 0 Å². The van der Waals surface area contributed by atoms with E-state index in [2.05, 4.69) is 35.6 Å². The van der Waals surface area contributed by atoms with E-state index in [1.165, 1.54) is 12.4 Å². The topological polar surface area (TPSA) is 125 Å². The fourth-order valence-electron chi connectivity index (χ4n) is 4.74. The molecule has 3 heterocycles. The van der Waals surface area contributed by atoms with Gasteiger partial charge in [-0.15, -0.1) is 0 Å².